The van der Waals surface area contributed by atoms with Crippen molar-refractivity contribution in [3.05, 3.63) is 35.9 Å². The molecule has 0 aliphatic rings. The lowest BCUT2D eigenvalue weighted by Gasteiger charge is -2.13. The molecule has 0 saturated carbocycles. The van der Waals surface area contributed by atoms with Gasteiger partial charge in [0.1, 0.15) is 5.75 Å². The molecule has 1 aromatic carbocycles. The van der Waals surface area contributed by atoms with E-state index in [4.69, 9.17) is 5.73 Å². The SMILES string of the molecule is C=C(CCN)c1ccc(O)c(CN(C)C)c1. The van der Waals surface area contributed by atoms with Crippen LogP contribution in [0, 0.1) is 0 Å². The van der Waals surface area contributed by atoms with Crippen LogP contribution in [0.1, 0.15) is 17.5 Å². The maximum absolute atomic E-state index is 9.71. The highest BCUT2D eigenvalue weighted by molar-refractivity contribution is 5.65. The first-order valence-corrected chi connectivity index (χ1v) is 5.39. The van der Waals surface area contributed by atoms with Gasteiger partial charge in [-0.15, -0.1) is 0 Å². The summed E-state index contributed by atoms with van der Waals surface area (Å²) in [7, 11) is 3.95. The molecular formula is C13H20N2O. The summed E-state index contributed by atoms with van der Waals surface area (Å²) >= 11 is 0. The van der Waals surface area contributed by atoms with Crippen molar-refractivity contribution in [2.24, 2.45) is 5.73 Å². The summed E-state index contributed by atoms with van der Waals surface area (Å²) in [6.45, 7) is 5.31. The Morgan fingerprint density at radius 2 is 2.12 bits per heavy atom. The molecule has 0 heterocycles. The zero-order chi connectivity index (χ0) is 12.1. The molecule has 1 aromatic rings. The number of hydrogen-bond acceptors (Lipinski definition) is 3. The normalized spacial score (nSPS) is 10.8. The molecule has 0 atom stereocenters. The topological polar surface area (TPSA) is 49.5 Å². The Morgan fingerprint density at radius 3 is 2.69 bits per heavy atom. The van der Waals surface area contributed by atoms with Crippen molar-refractivity contribution < 1.29 is 5.11 Å². The number of hydrogen-bond donors (Lipinski definition) is 2. The second-order valence-corrected chi connectivity index (χ2v) is 4.22. The molecule has 0 aromatic heterocycles. The molecule has 16 heavy (non-hydrogen) atoms. The molecular weight excluding hydrogens is 200 g/mol. The molecule has 1 rings (SSSR count). The molecule has 3 nitrogen and oxygen atoms in total. The van der Waals surface area contributed by atoms with Crippen LogP contribution >= 0.6 is 0 Å². The van der Waals surface area contributed by atoms with Gasteiger partial charge in [0.25, 0.3) is 0 Å². The Morgan fingerprint density at radius 1 is 1.44 bits per heavy atom. The summed E-state index contributed by atoms with van der Waals surface area (Å²) in [6, 6.07) is 5.58. The number of phenolic OH excluding ortho intramolecular Hbond substituents is 1. The van der Waals surface area contributed by atoms with Crippen molar-refractivity contribution in [1.82, 2.24) is 4.90 Å². The fourth-order valence-electron chi connectivity index (χ4n) is 1.59. The van der Waals surface area contributed by atoms with E-state index >= 15 is 0 Å². The fourth-order valence-corrected chi connectivity index (χ4v) is 1.59. The average Bonchev–Trinajstić information content (AvgIpc) is 2.21. The highest BCUT2D eigenvalue weighted by Gasteiger charge is 2.05. The lowest BCUT2D eigenvalue weighted by molar-refractivity contribution is 0.386. The van der Waals surface area contributed by atoms with E-state index in [2.05, 4.69) is 6.58 Å². The highest BCUT2D eigenvalue weighted by atomic mass is 16.3. The highest BCUT2D eigenvalue weighted by Crippen LogP contribution is 2.24. The van der Waals surface area contributed by atoms with Gasteiger partial charge in [-0.25, -0.2) is 0 Å². The van der Waals surface area contributed by atoms with Gasteiger partial charge in [-0.05, 0) is 50.3 Å². The Balaban J connectivity index is 2.93. The summed E-state index contributed by atoms with van der Waals surface area (Å²) in [5.74, 6) is 0.331. The van der Waals surface area contributed by atoms with E-state index in [9.17, 15) is 5.11 Å². The second-order valence-electron chi connectivity index (χ2n) is 4.22. The van der Waals surface area contributed by atoms with Gasteiger partial charge in [0.15, 0.2) is 0 Å². The third-order valence-corrected chi connectivity index (χ3v) is 2.42. The van der Waals surface area contributed by atoms with Gasteiger partial charge < -0.3 is 15.7 Å². The second kappa shape index (κ2) is 5.68. The van der Waals surface area contributed by atoms with Gasteiger partial charge in [0.05, 0.1) is 0 Å². The molecule has 0 bridgehead atoms. The monoisotopic (exact) mass is 220 g/mol. The third kappa shape index (κ3) is 3.36. The molecule has 0 unspecified atom stereocenters. The zero-order valence-corrected chi connectivity index (χ0v) is 10.0. The molecule has 0 amide bonds. The molecule has 3 heteroatoms. The van der Waals surface area contributed by atoms with E-state index in [0.717, 1.165) is 29.7 Å². The number of benzene rings is 1. The number of phenols is 1. The van der Waals surface area contributed by atoms with E-state index < -0.39 is 0 Å². The van der Waals surface area contributed by atoms with Crippen LogP contribution in [0.5, 0.6) is 5.75 Å². The van der Waals surface area contributed by atoms with Crippen LogP contribution in [0.2, 0.25) is 0 Å². The molecule has 0 spiro atoms. The first-order valence-electron chi connectivity index (χ1n) is 5.39. The Bertz CT molecular complexity index is 372. The van der Waals surface area contributed by atoms with E-state index in [-0.39, 0.29) is 0 Å². The van der Waals surface area contributed by atoms with E-state index in [1.165, 1.54) is 0 Å². The minimum Gasteiger partial charge on any atom is -0.508 e. The molecule has 0 aliphatic heterocycles. The van der Waals surface area contributed by atoms with Crippen molar-refractivity contribution in [3.63, 3.8) is 0 Å². The standard InChI is InChI=1S/C13H20N2O/c1-10(6-7-14)11-4-5-13(16)12(8-11)9-15(2)3/h4-5,8,16H,1,6-7,9,14H2,2-3H3. The first-order chi connectivity index (χ1) is 7.54. The van der Waals surface area contributed by atoms with Crippen LogP contribution in [0.4, 0.5) is 0 Å². The fraction of sp³-hybridized carbons (Fsp3) is 0.385. The predicted octanol–water partition coefficient (Wildman–Crippen LogP) is 1.82. The van der Waals surface area contributed by atoms with Crippen LogP contribution in [0.3, 0.4) is 0 Å². The van der Waals surface area contributed by atoms with Gasteiger partial charge in [-0.1, -0.05) is 12.6 Å². The molecule has 0 radical (unpaired) electrons. The van der Waals surface area contributed by atoms with E-state index in [1.54, 1.807) is 6.07 Å². The summed E-state index contributed by atoms with van der Waals surface area (Å²) in [6.07, 6.45) is 0.784. The third-order valence-electron chi connectivity index (χ3n) is 2.42. The van der Waals surface area contributed by atoms with Crippen LogP contribution in [-0.2, 0) is 6.54 Å². The van der Waals surface area contributed by atoms with Crippen molar-refractivity contribution in [2.45, 2.75) is 13.0 Å². The van der Waals surface area contributed by atoms with E-state index in [0.29, 0.717) is 12.3 Å². The van der Waals surface area contributed by atoms with Gasteiger partial charge in [-0.2, -0.15) is 0 Å². The van der Waals surface area contributed by atoms with Crippen molar-refractivity contribution in [2.75, 3.05) is 20.6 Å². The maximum Gasteiger partial charge on any atom is 0.120 e. The van der Waals surface area contributed by atoms with Crippen molar-refractivity contribution >= 4 is 5.57 Å². The van der Waals surface area contributed by atoms with E-state index in [1.807, 2.05) is 31.1 Å². The number of rotatable bonds is 5. The lowest BCUT2D eigenvalue weighted by Crippen LogP contribution is -2.11. The number of aromatic hydroxyl groups is 1. The number of nitrogens with zero attached hydrogens (tertiary/aromatic N) is 1. The smallest absolute Gasteiger partial charge is 0.120 e. The first kappa shape index (κ1) is 12.7. The average molecular weight is 220 g/mol. The van der Waals surface area contributed by atoms with Gasteiger partial charge >= 0.3 is 0 Å². The summed E-state index contributed by atoms with van der Waals surface area (Å²) < 4.78 is 0. The van der Waals surface area contributed by atoms with Gasteiger partial charge in [-0.3, -0.25) is 0 Å². The van der Waals surface area contributed by atoms with Crippen LogP contribution in [-0.4, -0.2) is 30.6 Å². The van der Waals surface area contributed by atoms with Crippen LogP contribution < -0.4 is 5.73 Å². The lowest BCUT2D eigenvalue weighted by atomic mass is 10.0. The number of nitrogens with two attached hydrogens (primary N) is 1. The largest absolute Gasteiger partial charge is 0.508 e. The molecule has 88 valence electrons. The summed E-state index contributed by atoms with van der Waals surface area (Å²) in [5, 5.41) is 9.71. The molecule has 3 N–H and O–H groups in total. The predicted molar refractivity (Wildman–Crippen MR) is 68.2 cm³/mol. The molecule has 0 fully saturated rings. The molecule has 0 saturated heterocycles. The zero-order valence-electron chi connectivity index (χ0n) is 10.0. The summed E-state index contributed by atoms with van der Waals surface area (Å²) in [4.78, 5) is 2.02. The van der Waals surface area contributed by atoms with Gasteiger partial charge in [0.2, 0.25) is 0 Å². The Kier molecular flexibility index (Phi) is 4.52. The minimum atomic E-state index is 0.331. The Hall–Kier alpha value is -1.32. The van der Waals surface area contributed by atoms with Crippen LogP contribution in [0.25, 0.3) is 5.57 Å². The van der Waals surface area contributed by atoms with Crippen LogP contribution in [0.15, 0.2) is 24.8 Å². The quantitative estimate of drug-likeness (QED) is 0.795. The van der Waals surface area contributed by atoms with Gasteiger partial charge in [0, 0.05) is 12.1 Å². The minimum absolute atomic E-state index is 0.331. The molecule has 0 aliphatic carbocycles. The van der Waals surface area contributed by atoms with Crippen molar-refractivity contribution in [3.8, 4) is 5.75 Å². The maximum atomic E-state index is 9.71. The summed E-state index contributed by atoms with van der Waals surface area (Å²) in [5.41, 5.74) is 8.49. The Labute approximate surface area is 97.2 Å². The van der Waals surface area contributed by atoms with Crippen molar-refractivity contribution in [1.29, 1.82) is 0 Å².